The van der Waals surface area contributed by atoms with Gasteiger partial charge in [0.2, 0.25) is 5.95 Å². The molecule has 0 amide bonds. The zero-order valence-electron chi connectivity index (χ0n) is 9.55. The van der Waals surface area contributed by atoms with Gasteiger partial charge in [-0.05, 0) is 42.0 Å². The Bertz CT molecular complexity index is 554. The molecular formula is C11H11FN4OS. The van der Waals surface area contributed by atoms with Gasteiger partial charge in [0.25, 0.3) is 5.17 Å². The van der Waals surface area contributed by atoms with E-state index >= 15 is 0 Å². The van der Waals surface area contributed by atoms with Crippen molar-refractivity contribution in [2.24, 2.45) is 5.84 Å². The molecule has 1 heterocycles. The summed E-state index contributed by atoms with van der Waals surface area (Å²) in [6, 6.07) is 6.02. The molecule has 0 spiro atoms. The summed E-state index contributed by atoms with van der Waals surface area (Å²) < 4.78 is 17.6. The van der Waals surface area contributed by atoms with Crippen LogP contribution < -0.4 is 10.9 Å². The van der Waals surface area contributed by atoms with Crippen LogP contribution in [0.5, 0.6) is 0 Å². The molecular weight excluding hydrogens is 255 g/mol. The maximum Gasteiger partial charge on any atom is 0.280 e. The van der Waals surface area contributed by atoms with E-state index in [1.54, 1.807) is 18.3 Å². The highest BCUT2D eigenvalue weighted by Crippen LogP contribution is 2.19. The Balaban J connectivity index is 2.25. The van der Waals surface area contributed by atoms with Gasteiger partial charge in [0.1, 0.15) is 5.82 Å². The van der Waals surface area contributed by atoms with Crippen molar-refractivity contribution in [1.29, 1.82) is 0 Å². The van der Waals surface area contributed by atoms with Crippen molar-refractivity contribution in [3.63, 3.8) is 0 Å². The number of rotatable bonds is 2. The molecule has 0 aliphatic carbocycles. The Morgan fingerprint density at radius 2 is 2.11 bits per heavy atom. The lowest BCUT2D eigenvalue weighted by atomic mass is 10.2. The van der Waals surface area contributed by atoms with Crippen LogP contribution in [0.15, 0.2) is 30.5 Å². The van der Waals surface area contributed by atoms with Crippen LogP contribution in [-0.4, -0.2) is 22.3 Å². The van der Waals surface area contributed by atoms with Crippen molar-refractivity contribution >= 4 is 23.3 Å². The van der Waals surface area contributed by atoms with E-state index < -0.39 is 0 Å². The molecule has 5 nitrogen and oxygen atoms in total. The summed E-state index contributed by atoms with van der Waals surface area (Å²) in [6.07, 6.45) is 1.58. The number of aromatic nitrogens is 2. The number of nitrogens with two attached hydrogens (primary N) is 1. The first kappa shape index (κ1) is 12.5. The highest BCUT2D eigenvalue weighted by atomic mass is 32.1. The third-order valence-corrected chi connectivity index (χ3v) is 2.68. The van der Waals surface area contributed by atoms with Gasteiger partial charge in [-0.2, -0.15) is 0 Å². The molecule has 94 valence electrons. The number of aromatic amines is 1. The number of thiocarbonyl (C=S) groups is 1. The molecule has 2 rings (SSSR count). The van der Waals surface area contributed by atoms with Gasteiger partial charge in [-0.3, -0.25) is 0 Å². The van der Waals surface area contributed by atoms with Crippen LogP contribution in [-0.2, 0) is 4.74 Å². The van der Waals surface area contributed by atoms with E-state index in [1.807, 2.05) is 0 Å². The maximum absolute atomic E-state index is 12.8. The molecule has 2 aromatic rings. The zero-order valence-corrected chi connectivity index (χ0v) is 10.4. The number of imidazole rings is 1. The van der Waals surface area contributed by atoms with Crippen molar-refractivity contribution in [1.82, 2.24) is 9.97 Å². The monoisotopic (exact) mass is 266 g/mol. The van der Waals surface area contributed by atoms with E-state index in [2.05, 4.69) is 9.97 Å². The summed E-state index contributed by atoms with van der Waals surface area (Å²) in [7, 11) is 1.42. The fourth-order valence-electron chi connectivity index (χ4n) is 1.39. The number of hydrazine groups is 1. The van der Waals surface area contributed by atoms with E-state index in [9.17, 15) is 4.39 Å². The molecule has 0 aliphatic heterocycles. The number of nitrogens with one attached hydrogen (secondary N) is 1. The largest absolute Gasteiger partial charge is 0.473 e. The summed E-state index contributed by atoms with van der Waals surface area (Å²) in [5, 5.41) is 1.21. The van der Waals surface area contributed by atoms with Crippen LogP contribution in [0.3, 0.4) is 0 Å². The first-order valence-corrected chi connectivity index (χ1v) is 5.46. The number of hydrogen-bond donors (Lipinski definition) is 2. The minimum absolute atomic E-state index is 0.0926. The van der Waals surface area contributed by atoms with E-state index in [-0.39, 0.29) is 11.0 Å². The fourth-order valence-corrected chi connectivity index (χ4v) is 1.48. The predicted octanol–water partition coefficient (Wildman–Crippen LogP) is 1.83. The molecule has 3 N–H and O–H groups in total. The minimum atomic E-state index is -0.292. The van der Waals surface area contributed by atoms with Crippen molar-refractivity contribution < 1.29 is 9.13 Å². The average Bonchev–Trinajstić information content (AvgIpc) is 2.87. The summed E-state index contributed by atoms with van der Waals surface area (Å²) in [5.41, 5.74) is 1.51. The molecule has 0 atom stereocenters. The number of halogens is 1. The third-order valence-electron chi connectivity index (χ3n) is 2.32. The Morgan fingerprint density at radius 1 is 1.44 bits per heavy atom. The molecule has 0 radical (unpaired) electrons. The van der Waals surface area contributed by atoms with Crippen LogP contribution in [0.25, 0.3) is 11.3 Å². The molecule has 7 heteroatoms. The van der Waals surface area contributed by atoms with Crippen LogP contribution in [0.1, 0.15) is 0 Å². The number of nitrogens with zero attached hydrogens (tertiary/aromatic N) is 2. The number of ether oxygens (including phenoxy) is 1. The summed E-state index contributed by atoms with van der Waals surface area (Å²) in [6.45, 7) is 0. The van der Waals surface area contributed by atoms with E-state index in [0.29, 0.717) is 11.6 Å². The Labute approximate surface area is 108 Å². The lowest BCUT2D eigenvalue weighted by molar-refractivity contribution is 0.402. The van der Waals surface area contributed by atoms with E-state index in [4.69, 9.17) is 22.8 Å². The molecule has 0 saturated carbocycles. The topological polar surface area (TPSA) is 67.2 Å². The van der Waals surface area contributed by atoms with Gasteiger partial charge >= 0.3 is 0 Å². The van der Waals surface area contributed by atoms with Gasteiger partial charge in [-0.1, -0.05) is 0 Å². The lowest BCUT2D eigenvalue weighted by Gasteiger charge is -2.13. The second-order valence-corrected chi connectivity index (χ2v) is 3.82. The van der Waals surface area contributed by atoms with Crippen LogP contribution in [0, 0.1) is 5.82 Å². The van der Waals surface area contributed by atoms with Crippen molar-refractivity contribution in [3.8, 4) is 11.3 Å². The first-order valence-electron chi connectivity index (χ1n) is 5.05. The molecule has 1 aromatic heterocycles. The second kappa shape index (κ2) is 5.11. The van der Waals surface area contributed by atoms with Gasteiger partial charge in [0.15, 0.2) is 0 Å². The van der Waals surface area contributed by atoms with Gasteiger partial charge in [-0.15, -0.1) is 0 Å². The number of benzene rings is 1. The Hall–Kier alpha value is -1.99. The van der Waals surface area contributed by atoms with Gasteiger partial charge in [0.05, 0.1) is 19.0 Å². The highest BCUT2D eigenvalue weighted by Gasteiger charge is 2.12. The summed E-state index contributed by atoms with van der Waals surface area (Å²) in [4.78, 5) is 7.03. The van der Waals surface area contributed by atoms with E-state index in [1.165, 1.54) is 19.2 Å². The average molecular weight is 266 g/mol. The molecule has 0 fully saturated rings. The van der Waals surface area contributed by atoms with Gasteiger partial charge < -0.3 is 9.72 Å². The number of methoxy groups -OCH3 is 1. The standard InChI is InChI=1S/C11H11FN4OS/c1-17-11(18)16(13)10-14-6-9(15-10)7-2-4-8(12)5-3-7/h2-6H,13H2,1H3,(H,14,15). The van der Waals surface area contributed by atoms with E-state index in [0.717, 1.165) is 10.6 Å². The fraction of sp³-hybridized carbons (Fsp3) is 0.0909. The zero-order chi connectivity index (χ0) is 13.1. The van der Waals surface area contributed by atoms with Gasteiger partial charge in [-0.25, -0.2) is 20.2 Å². The molecule has 1 aromatic carbocycles. The SMILES string of the molecule is COC(=S)N(N)c1ncc(-c2ccc(F)cc2)[nH]1. The smallest absolute Gasteiger partial charge is 0.280 e. The number of H-pyrrole nitrogens is 1. The van der Waals surface area contributed by atoms with Crippen molar-refractivity contribution in [2.75, 3.05) is 12.1 Å². The van der Waals surface area contributed by atoms with Gasteiger partial charge in [0, 0.05) is 0 Å². The first-order chi connectivity index (χ1) is 8.61. The third kappa shape index (κ3) is 2.47. The number of anilines is 1. The molecule has 18 heavy (non-hydrogen) atoms. The highest BCUT2D eigenvalue weighted by molar-refractivity contribution is 7.80. The summed E-state index contributed by atoms with van der Waals surface area (Å²) in [5.74, 6) is 5.73. The predicted molar refractivity (Wildman–Crippen MR) is 70.3 cm³/mol. The summed E-state index contributed by atoms with van der Waals surface area (Å²) >= 11 is 4.87. The minimum Gasteiger partial charge on any atom is -0.473 e. The molecule has 0 bridgehead atoms. The Kier molecular flexibility index (Phi) is 3.54. The van der Waals surface area contributed by atoms with Crippen LogP contribution in [0.4, 0.5) is 10.3 Å². The number of hydrogen-bond acceptors (Lipinski definition) is 4. The molecule has 0 saturated heterocycles. The van der Waals surface area contributed by atoms with Crippen molar-refractivity contribution in [3.05, 3.63) is 36.3 Å². The normalized spacial score (nSPS) is 10.2. The Morgan fingerprint density at radius 3 is 2.72 bits per heavy atom. The quantitative estimate of drug-likeness (QED) is 0.493. The maximum atomic E-state index is 12.8. The molecule has 0 unspecified atom stereocenters. The second-order valence-electron chi connectivity index (χ2n) is 3.47. The van der Waals surface area contributed by atoms with Crippen LogP contribution in [0.2, 0.25) is 0 Å². The van der Waals surface area contributed by atoms with Crippen molar-refractivity contribution in [2.45, 2.75) is 0 Å². The lowest BCUT2D eigenvalue weighted by Crippen LogP contribution is -2.37. The van der Waals surface area contributed by atoms with Crippen LogP contribution >= 0.6 is 12.2 Å². The molecule has 0 aliphatic rings.